The molecule has 0 aromatic heterocycles. The highest BCUT2D eigenvalue weighted by Gasteiger charge is 2.32. The van der Waals surface area contributed by atoms with Crippen LogP contribution in [0.5, 0.6) is 0 Å². The monoisotopic (exact) mass is 249 g/mol. The number of aliphatic carboxylic acids is 1. The zero-order valence-corrected chi connectivity index (χ0v) is 9.91. The molecular formula is C13H15NO4. The lowest BCUT2D eigenvalue weighted by Gasteiger charge is -2.29. The van der Waals surface area contributed by atoms with Gasteiger partial charge in [-0.2, -0.15) is 0 Å². The van der Waals surface area contributed by atoms with Gasteiger partial charge in [-0.1, -0.05) is 30.3 Å². The van der Waals surface area contributed by atoms with E-state index in [0.29, 0.717) is 31.9 Å². The van der Waals surface area contributed by atoms with Crippen LogP contribution in [0.1, 0.15) is 11.5 Å². The fourth-order valence-electron chi connectivity index (χ4n) is 2.00. The van der Waals surface area contributed by atoms with Gasteiger partial charge in [0.1, 0.15) is 0 Å². The molecule has 0 bridgehead atoms. The number of carboxylic acid groups (broad SMARTS) is 1. The molecule has 96 valence electrons. The maximum Gasteiger partial charge on any atom is 0.320 e. The van der Waals surface area contributed by atoms with Crippen molar-refractivity contribution in [3.8, 4) is 0 Å². The largest absolute Gasteiger partial charge is 0.480 e. The molecule has 5 heteroatoms. The Balaban J connectivity index is 2.20. The lowest BCUT2D eigenvalue weighted by molar-refractivity contribution is -0.148. The second-order valence-electron chi connectivity index (χ2n) is 4.12. The fraction of sp³-hybridized carbons (Fsp3) is 0.385. The van der Waals surface area contributed by atoms with Crippen molar-refractivity contribution < 1.29 is 19.4 Å². The Labute approximate surface area is 105 Å². The zero-order valence-electron chi connectivity index (χ0n) is 9.91. The third-order valence-electron chi connectivity index (χ3n) is 2.95. The zero-order chi connectivity index (χ0) is 13.0. The molecule has 1 fully saturated rings. The van der Waals surface area contributed by atoms with Crippen molar-refractivity contribution in [2.24, 2.45) is 0 Å². The van der Waals surface area contributed by atoms with Crippen molar-refractivity contribution in [2.75, 3.05) is 26.3 Å². The molecule has 0 aliphatic carbocycles. The molecule has 0 radical (unpaired) electrons. The first-order chi connectivity index (χ1) is 8.70. The maximum atomic E-state index is 12.2. The summed E-state index contributed by atoms with van der Waals surface area (Å²) in [7, 11) is 0. The summed E-state index contributed by atoms with van der Waals surface area (Å²) in [6.07, 6.45) is 0. The van der Waals surface area contributed by atoms with Crippen LogP contribution in [0.15, 0.2) is 30.3 Å². The van der Waals surface area contributed by atoms with E-state index in [9.17, 15) is 14.7 Å². The molecule has 1 aromatic rings. The topological polar surface area (TPSA) is 66.8 Å². The Kier molecular flexibility index (Phi) is 3.94. The minimum atomic E-state index is -1.12. The third-order valence-corrected chi connectivity index (χ3v) is 2.95. The van der Waals surface area contributed by atoms with Gasteiger partial charge in [-0.3, -0.25) is 9.59 Å². The molecule has 0 spiro atoms. The maximum absolute atomic E-state index is 12.2. The molecule has 1 heterocycles. The lowest BCUT2D eigenvalue weighted by atomic mass is 9.97. The predicted molar refractivity (Wildman–Crippen MR) is 64.2 cm³/mol. The van der Waals surface area contributed by atoms with Crippen molar-refractivity contribution in [1.29, 1.82) is 0 Å². The molecule has 18 heavy (non-hydrogen) atoms. The van der Waals surface area contributed by atoms with Crippen LogP contribution in [-0.4, -0.2) is 48.2 Å². The van der Waals surface area contributed by atoms with E-state index in [1.165, 1.54) is 0 Å². The summed E-state index contributed by atoms with van der Waals surface area (Å²) in [6.45, 7) is 1.84. The summed E-state index contributed by atoms with van der Waals surface area (Å²) >= 11 is 0. The van der Waals surface area contributed by atoms with Crippen LogP contribution in [0.2, 0.25) is 0 Å². The third kappa shape index (κ3) is 2.68. The van der Waals surface area contributed by atoms with E-state index in [2.05, 4.69) is 0 Å². The molecular weight excluding hydrogens is 234 g/mol. The average Bonchev–Trinajstić information content (AvgIpc) is 2.40. The van der Waals surface area contributed by atoms with Gasteiger partial charge in [-0.15, -0.1) is 0 Å². The smallest absolute Gasteiger partial charge is 0.320 e. The van der Waals surface area contributed by atoms with Crippen LogP contribution in [0, 0.1) is 0 Å². The van der Waals surface area contributed by atoms with Crippen molar-refractivity contribution in [2.45, 2.75) is 5.92 Å². The summed E-state index contributed by atoms with van der Waals surface area (Å²) in [5.41, 5.74) is 0.515. The Morgan fingerprint density at radius 3 is 2.33 bits per heavy atom. The molecule has 5 nitrogen and oxygen atoms in total. The van der Waals surface area contributed by atoms with Crippen molar-refractivity contribution >= 4 is 11.9 Å². The average molecular weight is 249 g/mol. The Bertz CT molecular complexity index is 426. The van der Waals surface area contributed by atoms with E-state index in [0.717, 1.165) is 0 Å². The number of amides is 1. The molecule has 1 saturated heterocycles. The Morgan fingerprint density at radius 1 is 1.17 bits per heavy atom. The lowest BCUT2D eigenvalue weighted by Crippen LogP contribution is -2.44. The van der Waals surface area contributed by atoms with Crippen LogP contribution in [-0.2, 0) is 14.3 Å². The van der Waals surface area contributed by atoms with E-state index < -0.39 is 11.9 Å². The minimum Gasteiger partial charge on any atom is -0.480 e. The summed E-state index contributed by atoms with van der Waals surface area (Å²) < 4.78 is 5.15. The van der Waals surface area contributed by atoms with Gasteiger partial charge < -0.3 is 14.7 Å². The second-order valence-corrected chi connectivity index (χ2v) is 4.12. The normalized spacial score (nSPS) is 17.2. The van der Waals surface area contributed by atoms with Crippen molar-refractivity contribution in [1.82, 2.24) is 4.90 Å². The Hall–Kier alpha value is -1.88. The van der Waals surface area contributed by atoms with Gasteiger partial charge in [0, 0.05) is 13.1 Å². The van der Waals surface area contributed by atoms with Gasteiger partial charge in [0.2, 0.25) is 5.91 Å². The fourth-order valence-corrected chi connectivity index (χ4v) is 2.00. The highest BCUT2D eigenvalue weighted by molar-refractivity contribution is 6.02. The van der Waals surface area contributed by atoms with Gasteiger partial charge in [-0.05, 0) is 5.56 Å². The summed E-state index contributed by atoms with van der Waals surface area (Å²) in [5.74, 6) is -2.60. The number of hydrogen-bond acceptors (Lipinski definition) is 3. The number of hydrogen-bond donors (Lipinski definition) is 1. The highest BCUT2D eigenvalue weighted by atomic mass is 16.5. The van der Waals surface area contributed by atoms with Crippen LogP contribution >= 0.6 is 0 Å². The van der Waals surface area contributed by atoms with Crippen LogP contribution in [0.4, 0.5) is 0 Å². The van der Waals surface area contributed by atoms with Crippen molar-refractivity contribution in [3.05, 3.63) is 35.9 Å². The first-order valence-corrected chi connectivity index (χ1v) is 5.84. The number of benzene rings is 1. The first-order valence-electron chi connectivity index (χ1n) is 5.84. The predicted octanol–water partition coefficient (Wildman–Crippen LogP) is 0.714. The molecule has 1 N–H and O–H groups in total. The molecule has 1 atom stereocenters. The second kappa shape index (κ2) is 5.64. The number of carbonyl (C=O) groups excluding carboxylic acids is 1. The molecule has 2 rings (SSSR count). The Morgan fingerprint density at radius 2 is 1.78 bits per heavy atom. The highest BCUT2D eigenvalue weighted by Crippen LogP contribution is 2.19. The molecule has 1 aliphatic rings. The molecule has 1 unspecified atom stereocenters. The van der Waals surface area contributed by atoms with Crippen LogP contribution in [0.25, 0.3) is 0 Å². The number of morpholine rings is 1. The standard InChI is InChI=1S/C13H15NO4/c15-12(14-6-8-18-9-7-14)11(13(16)17)10-4-2-1-3-5-10/h1-5,11H,6-9H2,(H,16,17). The number of nitrogens with zero attached hydrogens (tertiary/aromatic N) is 1. The van der Waals surface area contributed by atoms with E-state index in [4.69, 9.17) is 4.74 Å². The molecule has 1 amide bonds. The van der Waals surface area contributed by atoms with Crippen LogP contribution in [0.3, 0.4) is 0 Å². The first kappa shape index (κ1) is 12.6. The van der Waals surface area contributed by atoms with Crippen molar-refractivity contribution in [3.63, 3.8) is 0 Å². The molecule has 0 saturated carbocycles. The van der Waals surface area contributed by atoms with E-state index in [1.54, 1.807) is 35.2 Å². The van der Waals surface area contributed by atoms with E-state index in [1.807, 2.05) is 0 Å². The number of rotatable bonds is 3. The minimum absolute atomic E-state index is 0.364. The van der Waals surface area contributed by atoms with E-state index in [-0.39, 0.29) is 5.91 Å². The number of carbonyl (C=O) groups is 2. The number of carboxylic acids is 1. The van der Waals surface area contributed by atoms with Gasteiger partial charge in [0.05, 0.1) is 13.2 Å². The number of ether oxygens (including phenoxy) is 1. The summed E-state index contributed by atoms with van der Waals surface area (Å²) in [4.78, 5) is 25.1. The molecule has 1 aliphatic heterocycles. The van der Waals surface area contributed by atoms with Gasteiger partial charge in [0.25, 0.3) is 0 Å². The molecule has 1 aromatic carbocycles. The van der Waals surface area contributed by atoms with E-state index >= 15 is 0 Å². The van der Waals surface area contributed by atoms with Crippen LogP contribution < -0.4 is 0 Å². The SMILES string of the molecule is O=C(O)C(C(=O)N1CCOCC1)c1ccccc1. The van der Waals surface area contributed by atoms with Gasteiger partial charge in [0.15, 0.2) is 5.92 Å². The summed E-state index contributed by atoms with van der Waals surface area (Å²) in [5, 5.41) is 9.25. The quantitative estimate of drug-likeness (QED) is 0.801. The van der Waals surface area contributed by atoms with Gasteiger partial charge >= 0.3 is 5.97 Å². The van der Waals surface area contributed by atoms with Gasteiger partial charge in [-0.25, -0.2) is 0 Å². The summed E-state index contributed by atoms with van der Waals surface area (Å²) in [6, 6.07) is 8.59.